The van der Waals surface area contributed by atoms with Gasteiger partial charge >= 0.3 is 0 Å². The van der Waals surface area contributed by atoms with Crippen LogP contribution in [0.3, 0.4) is 0 Å². The van der Waals surface area contributed by atoms with Gasteiger partial charge in [-0.15, -0.1) is 6.58 Å². The molecule has 1 unspecified atom stereocenters. The fourth-order valence-corrected chi connectivity index (χ4v) is 3.82. The largest absolute Gasteiger partial charge is 0.414 e. The van der Waals surface area contributed by atoms with E-state index in [1.54, 1.807) is 0 Å². The molecule has 1 nitrogen and oxygen atoms in total. The van der Waals surface area contributed by atoms with Gasteiger partial charge in [0.05, 0.1) is 6.10 Å². The van der Waals surface area contributed by atoms with Gasteiger partial charge in [0.1, 0.15) is 0 Å². The zero-order chi connectivity index (χ0) is 14.2. The van der Waals surface area contributed by atoms with E-state index in [0.29, 0.717) is 6.10 Å². The van der Waals surface area contributed by atoms with Crippen molar-refractivity contribution in [2.75, 3.05) is 0 Å². The highest BCUT2D eigenvalue weighted by Gasteiger charge is 2.25. The molecule has 0 aliphatic rings. The summed E-state index contributed by atoms with van der Waals surface area (Å²) in [4.78, 5) is 0. The molecule has 0 aromatic carbocycles. The highest BCUT2D eigenvalue weighted by atomic mass is 28.4. The molecule has 2 heteroatoms. The van der Waals surface area contributed by atoms with Crippen LogP contribution >= 0.6 is 0 Å². The minimum absolute atomic E-state index is 0.319. The Labute approximate surface area is 115 Å². The number of allylic oxidation sites excluding steroid dienone is 3. The minimum atomic E-state index is -1.60. The zero-order valence-electron chi connectivity index (χ0n) is 13.0. The Balaban J connectivity index is 4.70. The van der Waals surface area contributed by atoms with Gasteiger partial charge in [-0.1, -0.05) is 29.4 Å². The first-order valence-electron chi connectivity index (χ1n) is 6.87. The molecule has 0 spiro atoms. The molecule has 0 aliphatic carbocycles. The van der Waals surface area contributed by atoms with Gasteiger partial charge in [0.25, 0.3) is 0 Å². The molecule has 0 N–H and O–H groups in total. The van der Waals surface area contributed by atoms with Crippen molar-refractivity contribution in [1.29, 1.82) is 0 Å². The molecule has 0 aromatic rings. The average Bonchev–Trinajstić information content (AvgIpc) is 2.27. The lowest BCUT2D eigenvalue weighted by Crippen LogP contribution is -2.35. The predicted octanol–water partition coefficient (Wildman–Crippen LogP) is 5.48. The minimum Gasteiger partial charge on any atom is -0.414 e. The summed E-state index contributed by atoms with van der Waals surface area (Å²) < 4.78 is 6.41. The molecule has 1 atom stereocenters. The van der Waals surface area contributed by atoms with E-state index in [2.05, 4.69) is 59.5 Å². The summed E-state index contributed by atoms with van der Waals surface area (Å²) in [5.41, 5.74) is 2.82. The van der Waals surface area contributed by atoms with E-state index in [-0.39, 0.29) is 0 Å². The van der Waals surface area contributed by atoms with E-state index in [0.717, 1.165) is 18.9 Å². The van der Waals surface area contributed by atoms with Crippen LogP contribution in [0.15, 0.2) is 36.0 Å². The van der Waals surface area contributed by atoms with Gasteiger partial charge in [0.2, 0.25) is 0 Å². The van der Waals surface area contributed by atoms with Gasteiger partial charge in [0.15, 0.2) is 8.32 Å². The van der Waals surface area contributed by atoms with Crippen molar-refractivity contribution < 1.29 is 4.43 Å². The molecule has 0 radical (unpaired) electrons. The quantitative estimate of drug-likeness (QED) is 0.418. The van der Waals surface area contributed by atoms with Crippen molar-refractivity contribution in [3.05, 3.63) is 36.0 Å². The third-order valence-electron chi connectivity index (χ3n) is 3.21. The first-order valence-corrected chi connectivity index (χ1v) is 9.98. The standard InChI is InChI=1S/C16H30OSi/c1-8-11-18(6,7)17-16(12-14(4)9-2)13-15(5)10-3/h8-10,16H,1,11-13H2,2-7H3/b14-9-,15-10+. The van der Waals surface area contributed by atoms with Crippen LogP contribution in [0.25, 0.3) is 0 Å². The van der Waals surface area contributed by atoms with Crippen LogP contribution in [-0.4, -0.2) is 14.4 Å². The van der Waals surface area contributed by atoms with Crippen molar-refractivity contribution in [2.45, 2.75) is 65.8 Å². The number of hydrogen-bond acceptors (Lipinski definition) is 1. The normalized spacial score (nSPS) is 15.7. The topological polar surface area (TPSA) is 9.23 Å². The van der Waals surface area contributed by atoms with E-state index in [4.69, 9.17) is 4.43 Å². The van der Waals surface area contributed by atoms with Crippen molar-refractivity contribution in [2.24, 2.45) is 0 Å². The summed E-state index contributed by atoms with van der Waals surface area (Å²) in [6.45, 7) is 17.0. The Kier molecular flexibility index (Phi) is 8.21. The highest BCUT2D eigenvalue weighted by molar-refractivity contribution is 6.71. The molecule has 0 saturated carbocycles. The molecule has 0 amide bonds. The maximum atomic E-state index is 6.41. The van der Waals surface area contributed by atoms with Crippen molar-refractivity contribution >= 4 is 8.32 Å². The first-order chi connectivity index (χ1) is 8.34. The summed E-state index contributed by atoms with van der Waals surface area (Å²) in [5.74, 6) is 0. The number of rotatable bonds is 8. The first kappa shape index (κ1) is 17.4. The summed E-state index contributed by atoms with van der Waals surface area (Å²) >= 11 is 0. The van der Waals surface area contributed by atoms with Gasteiger partial charge in [0, 0.05) is 0 Å². The second kappa shape index (κ2) is 8.49. The highest BCUT2D eigenvalue weighted by Crippen LogP contribution is 2.22. The summed E-state index contributed by atoms with van der Waals surface area (Å²) in [6, 6.07) is 1.02. The van der Waals surface area contributed by atoms with E-state index in [1.165, 1.54) is 11.1 Å². The predicted molar refractivity (Wildman–Crippen MR) is 85.5 cm³/mol. The fraction of sp³-hybridized carbons (Fsp3) is 0.625. The lowest BCUT2D eigenvalue weighted by Gasteiger charge is -2.29. The molecule has 104 valence electrons. The van der Waals surface area contributed by atoms with Crippen LogP contribution < -0.4 is 0 Å². The molecule has 0 rings (SSSR count). The van der Waals surface area contributed by atoms with Gasteiger partial charge in [-0.3, -0.25) is 0 Å². The molecular weight excluding hydrogens is 236 g/mol. The summed E-state index contributed by atoms with van der Waals surface area (Å²) in [7, 11) is -1.60. The molecule has 0 aromatic heterocycles. The van der Waals surface area contributed by atoms with E-state index < -0.39 is 8.32 Å². The number of hydrogen-bond donors (Lipinski definition) is 0. The summed E-state index contributed by atoms with van der Waals surface area (Å²) in [6.07, 6.45) is 8.75. The molecule has 0 aliphatic heterocycles. The molecule has 0 saturated heterocycles. The van der Waals surface area contributed by atoms with Crippen LogP contribution in [0.5, 0.6) is 0 Å². The van der Waals surface area contributed by atoms with Crippen LogP contribution in [0.1, 0.15) is 40.5 Å². The second-order valence-corrected chi connectivity index (χ2v) is 9.83. The molecule has 18 heavy (non-hydrogen) atoms. The molecule has 0 fully saturated rings. The third kappa shape index (κ3) is 7.67. The Hall–Kier alpha value is -0.603. The molecular formula is C16H30OSi. The van der Waals surface area contributed by atoms with E-state index in [9.17, 15) is 0 Å². The van der Waals surface area contributed by atoms with E-state index in [1.807, 2.05) is 6.08 Å². The Morgan fingerprint density at radius 3 is 1.89 bits per heavy atom. The monoisotopic (exact) mass is 266 g/mol. The third-order valence-corrected chi connectivity index (χ3v) is 5.45. The van der Waals surface area contributed by atoms with Crippen LogP contribution in [-0.2, 0) is 4.43 Å². The molecule has 0 bridgehead atoms. The average molecular weight is 267 g/mol. The Morgan fingerprint density at radius 1 is 1.11 bits per heavy atom. The lowest BCUT2D eigenvalue weighted by molar-refractivity contribution is 0.192. The smallest absolute Gasteiger partial charge is 0.190 e. The van der Waals surface area contributed by atoms with Gasteiger partial charge in [-0.2, -0.15) is 0 Å². The Bertz CT molecular complexity index is 293. The maximum Gasteiger partial charge on any atom is 0.190 e. The van der Waals surface area contributed by atoms with E-state index >= 15 is 0 Å². The fourth-order valence-electron chi connectivity index (χ4n) is 1.96. The van der Waals surface area contributed by atoms with Crippen LogP contribution in [0.4, 0.5) is 0 Å². The van der Waals surface area contributed by atoms with Crippen LogP contribution in [0.2, 0.25) is 19.1 Å². The van der Waals surface area contributed by atoms with Gasteiger partial charge < -0.3 is 4.43 Å². The summed E-state index contributed by atoms with van der Waals surface area (Å²) in [5, 5.41) is 0. The zero-order valence-corrected chi connectivity index (χ0v) is 14.0. The van der Waals surface area contributed by atoms with Crippen molar-refractivity contribution in [1.82, 2.24) is 0 Å². The Morgan fingerprint density at radius 2 is 1.56 bits per heavy atom. The second-order valence-electron chi connectivity index (χ2n) is 5.67. The lowest BCUT2D eigenvalue weighted by atomic mass is 10.0. The van der Waals surface area contributed by atoms with Crippen LogP contribution in [0, 0.1) is 0 Å². The van der Waals surface area contributed by atoms with Crippen molar-refractivity contribution in [3.8, 4) is 0 Å². The van der Waals surface area contributed by atoms with Gasteiger partial charge in [-0.25, -0.2) is 0 Å². The molecule has 0 heterocycles. The van der Waals surface area contributed by atoms with Crippen molar-refractivity contribution in [3.63, 3.8) is 0 Å². The van der Waals surface area contributed by atoms with Gasteiger partial charge in [-0.05, 0) is 59.7 Å². The SMILES string of the molecule is C=CC[Si](C)(C)OC(C/C(C)=C\C)C/C(C)=C/C. The maximum absolute atomic E-state index is 6.41.